The summed E-state index contributed by atoms with van der Waals surface area (Å²) in [5, 5.41) is 9.12. The van der Waals surface area contributed by atoms with E-state index < -0.39 is 30.9 Å². The van der Waals surface area contributed by atoms with Crippen molar-refractivity contribution in [1.82, 2.24) is 4.90 Å². The summed E-state index contributed by atoms with van der Waals surface area (Å²) in [6.45, 7) is -2.51. The second kappa shape index (κ2) is 10.1. The molecule has 3 aromatic rings. The minimum Gasteiger partial charge on any atom is -0.481 e. The minimum atomic E-state index is -5.30. The van der Waals surface area contributed by atoms with Crippen molar-refractivity contribution in [1.29, 1.82) is 0 Å². The van der Waals surface area contributed by atoms with Crippen LogP contribution in [0.15, 0.2) is 60.7 Å². The number of hydrogen-bond donors (Lipinski definition) is 1. The smallest absolute Gasteiger partial charge is 0.481 e. The number of carbonyl (C=O) groups excluding carboxylic acids is 1. The second-order valence-electron chi connectivity index (χ2n) is 9.75. The van der Waals surface area contributed by atoms with Gasteiger partial charge in [0.15, 0.2) is 0 Å². The summed E-state index contributed by atoms with van der Waals surface area (Å²) in [5.74, 6) is -1.25. The molecule has 2 aliphatic rings. The molecule has 38 heavy (non-hydrogen) atoms. The highest BCUT2D eigenvalue weighted by atomic mass is 19.4. The van der Waals surface area contributed by atoms with Gasteiger partial charge in [-0.15, -0.1) is 5.46 Å². The molecule has 0 saturated carbocycles. The number of benzene rings is 3. The quantitative estimate of drug-likeness (QED) is 0.473. The van der Waals surface area contributed by atoms with Gasteiger partial charge in [0.1, 0.15) is 6.61 Å². The zero-order valence-electron chi connectivity index (χ0n) is 20.9. The topological polar surface area (TPSA) is 70.1 Å². The van der Waals surface area contributed by atoms with E-state index in [0.717, 1.165) is 28.3 Å². The lowest BCUT2D eigenvalue weighted by Gasteiger charge is -2.37. The van der Waals surface area contributed by atoms with Crippen LogP contribution in [-0.4, -0.2) is 61.8 Å². The average Bonchev–Trinajstić information content (AvgIpc) is 3.21. The molecule has 0 bridgehead atoms. The molecule has 0 aromatic heterocycles. The van der Waals surface area contributed by atoms with Crippen LogP contribution >= 0.6 is 0 Å². The Kier molecular flexibility index (Phi) is 6.81. The molecule has 3 aromatic carbocycles. The Bertz CT molecular complexity index is 1340. The fourth-order valence-electron chi connectivity index (χ4n) is 5.54. The first-order chi connectivity index (χ1) is 18.1. The molecule has 0 spiro atoms. The maximum atomic E-state index is 13.7. The molecule has 6 nitrogen and oxygen atoms in total. The van der Waals surface area contributed by atoms with Crippen LogP contribution in [0, 0.1) is 6.92 Å². The van der Waals surface area contributed by atoms with Crippen molar-refractivity contribution in [3.63, 3.8) is 0 Å². The zero-order chi connectivity index (χ0) is 27.0. The van der Waals surface area contributed by atoms with Gasteiger partial charge >= 0.3 is 19.0 Å². The van der Waals surface area contributed by atoms with E-state index in [2.05, 4.69) is 12.1 Å². The van der Waals surface area contributed by atoms with Gasteiger partial charge in [-0.1, -0.05) is 60.2 Å². The Labute approximate surface area is 218 Å². The number of halogens is 3. The Morgan fingerprint density at radius 2 is 1.53 bits per heavy atom. The molecule has 1 heterocycles. The first kappa shape index (κ1) is 25.7. The number of nitrogens with zero attached hydrogens (tertiary/aromatic N) is 2. The van der Waals surface area contributed by atoms with E-state index in [9.17, 15) is 22.5 Å². The lowest BCUT2D eigenvalue weighted by Crippen LogP contribution is -2.50. The molecule has 198 valence electrons. The largest absolute Gasteiger partial charge is 0.509 e. The fraction of sp³-hybridized carbons (Fsp3) is 0.286. The first-order valence-corrected chi connectivity index (χ1v) is 12.5. The van der Waals surface area contributed by atoms with Crippen molar-refractivity contribution in [3.05, 3.63) is 82.9 Å². The number of carbonyl (C=O) groups is 2. The highest BCUT2D eigenvalue weighted by Gasteiger charge is 2.32. The summed E-state index contributed by atoms with van der Waals surface area (Å²) in [4.78, 5) is 27.4. The SMILES string of the molecule is Cc1c(N2CCN(C(=O)OCC3c4ccccc4-c4ccccc43)CC2)cc(CC(=O)O)cc1[B-](F)(F)F. The number of rotatable bonds is 6. The summed E-state index contributed by atoms with van der Waals surface area (Å²) in [7, 11) is 0. The van der Waals surface area contributed by atoms with E-state index >= 15 is 0 Å². The number of fused-ring (bicyclic) bond motifs is 3. The Morgan fingerprint density at radius 1 is 0.947 bits per heavy atom. The lowest BCUT2D eigenvalue weighted by molar-refractivity contribution is -0.136. The van der Waals surface area contributed by atoms with Crippen molar-refractivity contribution in [2.24, 2.45) is 0 Å². The van der Waals surface area contributed by atoms with Gasteiger partial charge in [0, 0.05) is 37.8 Å². The highest BCUT2D eigenvalue weighted by Crippen LogP contribution is 2.44. The standard InChI is InChI=1S/C28H27BF3N2O4/c1-18-25(29(30,31)32)14-19(16-27(35)36)15-26(18)33-10-12-34(13-11-33)28(37)38-17-24-22-8-4-2-6-20(22)21-7-3-5-9-23(21)24/h2-9,14-15,24H,10-13,16-17H2,1H3,(H,35,36)/q-1. The minimum absolute atomic E-state index is 0.0603. The predicted octanol–water partition coefficient (Wildman–Crippen LogP) is 4.75. The molecule has 1 N–H and O–H groups in total. The molecule has 10 heteroatoms. The monoisotopic (exact) mass is 523 g/mol. The van der Waals surface area contributed by atoms with Crippen molar-refractivity contribution in [2.75, 3.05) is 37.7 Å². The molecule has 1 fully saturated rings. The van der Waals surface area contributed by atoms with Crippen molar-refractivity contribution >= 4 is 30.2 Å². The van der Waals surface area contributed by atoms with Crippen molar-refractivity contribution in [2.45, 2.75) is 19.3 Å². The van der Waals surface area contributed by atoms with Crippen LogP contribution in [0.25, 0.3) is 11.1 Å². The van der Waals surface area contributed by atoms with E-state index in [1.165, 1.54) is 13.0 Å². The van der Waals surface area contributed by atoms with E-state index in [-0.39, 0.29) is 36.7 Å². The van der Waals surface area contributed by atoms with Crippen LogP contribution in [0.5, 0.6) is 0 Å². The molecule has 1 aliphatic heterocycles. The number of carboxylic acids is 1. The summed E-state index contributed by atoms with van der Waals surface area (Å²) < 4.78 is 46.8. The van der Waals surface area contributed by atoms with E-state index in [1.807, 2.05) is 36.4 Å². The van der Waals surface area contributed by atoms with Crippen molar-refractivity contribution in [3.8, 4) is 11.1 Å². The van der Waals surface area contributed by atoms with Gasteiger partial charge in [-0.25, -0.2) is 4.79 Å². The predicted molar refractivity (Wildman–Crippen MR) is 140 cm³/mol. The number of aliphatic carboxylic acids is 1. The molecular weight excluding hydrogens is 496 g/mol. The van der Waals surface area contributed by atoms with Gasteiger partial charge in [-0.05, 0) is 40.8 Å². The van der Waals surface area contributed by atoms with Crippen LogP contribution < -0.4 is 10.4 Å². The molecular formula is C28H27BF3N2O4-. The molecule has 1 amide bonds. The van der Waals surface area contributed by atoms with Crippen LogP contribution in [0.4, 0.5) is 23.4 Å². The number of piperazine rings is 1. The van der Waals surface area contributed by atoms with Crippen molar-refractivity contribution < 1.29 is 32.4 Å². The average molecular weight is 523 g/mol. The Hall–Kier alpha value is -3.95. The Balaban J connectivity index is 1.26. The molecule has 5 rings (SSSR count). The number of anilines is 1. The van der Waals surface area contributed by atoms with E-state index in [4.69, 9.17) is 9.84 Å². The second-order valence-corrected chi connectivity index (χ2v) is 9.75. The van der Waals surface area contributed by atoms with Gasteiger partial charge in [0.25, 0.3) is 0 Å². The fourth-order valence-corrected chi connectivity index (χ4v) is 5.54. The van der Waals surface area contributed by atoms with Gasteiger partial charge in [0.05, 0.1) is 6.42 Å². The van der Waals surface area contributed by atoms with Crippen LogP contribution in [0.1, 0.15) is 28.2 Å². The van der Waals surface area contributed by atoms with Crippen LogP contribution in [-0.2, 0) is 16.0 Å². The summed E-state index contributed by atoms with van der Waals surface area (Å²) in [6, 6.07) is 18.6. The molecule has 1 aliphatic carbocycles. The third kappa shape index (κ3) is 4.95. The number of hydrogen-bond acceptors (Lipinski definition) is 4. The summed E-state index contributed by atoms with van der Waals surface area (Å²) in [5.41, 5.74) is 4.25. The maximum absolute atomic E-state index is 13.7. The normalized spacial score (nSPS) is 15.3. The number of carboxylic acid groups (broad SMARTS) is 1. The molecule has 0 atom stereocenters. The van der Waals surface area contributed by atoms with Crippen LogP contribution in [0.3, 0.4) is 0 Å². The molecule has 0 unspecified atom stereocenters. The van der Waals surface area contributed by atoms with Gasteiger partial charge < -0.3 is 32.6 Å². The Morgan fingerprint density at radius 3 is 2.08 bits per heavy atom. The lowest BCUT2D eigenvalue weighted by atomic mass is 9.75. The molecule has 0 radical (unpaired) electrons. The van der Waals surface area contributed by atoms with E-state index in [1.54, 1.807) is 9.80 Å². The van der Waals surface area contributed by atoms with Gasteiger partial charge in [0.2, 0.25) is 0 Å². The summed E-state index contributed by atoms with van der Waals surface area (Å²) >= 11 is 0. The number of amides is 1. The van der Waals surface area contributed by atoms with Crippen LogP contribution in [0.2, 0.25) is 0 Å². The third-order valence-electron chi connectivity index (χ3n) is 7.40. The van der Waals surface area contributed by atoms with Gasteiger partial charge in [-0.3, -0.25) is 4.79 Å². The van der Waals surface area contributed by atoms with Gasteiger partial charge in [-0.2, -0.15) is 0 Å². The molecule has 1 saturated heterocycles. The highest BCUT2D eigenvalue weighted by molar-refractivity contribution is 6.74. The third-order valence-corrected chi connectivity index (χ3v) is 7.40. The first-order valence-electron chi connectivity index (χ1n) is 12.5. The summed E-state index contributed by atoms with van der Waals surface area (Å²) in [6.07, 6.45) is -0.950. The maximum Gasteiger partial charge on any atom is 0.509 e. The zero-order valence-corrected chi connectivity index (χ0v) is 20.9. The van der Waals surface area contributed by atoms with E-state index in [0.29, 0.717) is 18.8 Å². The number of ether oxygens (including phenoxy) is 1.